The number of carboxylic acids is 1. The number of ketones is 1. The molecule has 92 valence electrons. The lowest BCUT2D eigenvalue weighted by Gasteiger charge is -2.22. The van der Waals surface area contributed by atoms with Crippen molar-refractivity contribution in [2.24, 2.45) is 0 Å². The normalized spacial score (nSPS) is 25.9. The van der Waals surface area contributed by atoms with E-state index in [9.17, 15) is 9.59 Å². The van der Waals surface area contributed by atoms with Crippen LogP contribution in [0, 0.1) is 0 Å². The first-order valence-electron chi connectivity index (χ1n) is 5.96. The molecule has 2 unspecified atom stereocenters. The molecule has 1 fully saturated rings. The van der Waals surface area contributed by atoms with Gasteiger partial charge in [0.1, 0.15) is 11.8 Å². The van der Waals surface area contributed by atoms with Crippen LogP contribution in [0.5, 0.6) is 0 Å². The Hall–Kier alpha value is -0.900. The molecule has 4 nitrogen and oxygen atoms in total. The van der Waals surface area contributed by atoms with E-state index in [4.69, 9.17) is 5.11 Å². The monoisotopic (exact) mass is 227 g/mol. The van der Waals surface area contributed by atoms with Gasteiger partial charge < -0.3 is 9.90 Å². The van der Waals surface area contributed by atoms with Gasteiger partial charge >= 0.3 is 5.97 Å². The van der Waals surface area contributed by atoms with E-state index in [1.807, 2.05) is 11.9 Å². The number of carboxylic acid groups (broad SMARTS) is 1. The van der Waals surface area contributed by atoms with Gasteiger partial charge in [-0.25, -0.2) is 0 Å². The zero-order chi connectivity index (χ0) is 12.1. The molecule has 1 N–H and O–H groups in total. The summed E-state index contributed by atoms with van der Waals surface area (Å²) < 4.78 is 0. The van der Waals surface area contributed by atoms with Crippen molar-refractivity contribution in [3.8, 4) is 0 Å². The molecule has 1 rings (SSSR count). The predicted molar refractivity (Wildman–Crippen MR) is 61.4 cm³/mol. The van der Waals surface area contributed by atoms with Crippen LogP contribution in [0.3, 0.4) is 0 Å². The molecule has 1 aliphatic heterocycles. The van der Waals surface area contributed by atoms with E-state index in [0.29, 0.717) is 12.5 Å². The largest absolute Gasteiger partial charge is 0.480 e. The minimum absolute atomic E-state index is 0.239. The molecule has 4 heteroatoms. The number of Topliss-reactive ketones (excluding diaryl/α,β-unsaturated/α-hetero) is 1. The highest BCUT2D eigenvalue weighted by molar-refractivity contribution is 5.75. The fourth-order valence-electron chi connectivity index (χ4n) is 2.41. The van der Waals surface area contributed by atoms with E-state index in [1.54, 1.807) is 6.92 Å². The summed E-state index contributed by atoms with van der Waals surface area (Å²) in [4.78, 5) is 23.6. The number of hydrogen-bond acceptors (Lipinski definition) is 3. The molecule has 1 heterocycles. The number of unbranched alkanes of at least 4 members (excludes halogenated alkanes) is 1. The van der Waals surface area contributed by atoms with E-state index >= 15 is 0 Å². The fourth-order valence-corrected chi connectivity index (χ4v) is 2.41. The molecule has 2 atom stereocenters. The van der Waals surface area contributed by atoms with Gasteiger partial charge in [0.25, 0.3) is 0 Å². The third kappa shape index (κ3) is 3.59. The van der Waals surface area contributed by atoms with Crippen molar-refractivity contribution in [1.82, 2.24) is 4.90 Å². The Morgan fingerprint density at radius 2 is 2.00 bits per heavy atom. The third-order valence-corrected chi connectivity index (χ3v) is 3.44. The molecular formula is C12H21NO3. The van der Waals surface area contributed by atoms with E-state index in [1.165, 1.54) is 0 Å². The fraction of sp³-hybridized carbons (Fsp3) is 0.833. The molecule has 0 saturated carbocycles. The second-order valence-corrected chi connectivity index (χ2v) is 4.70. The third-order valence-electron chi connectivity index (χ3n) is 3.44. The molecule has 0 aromatic carbocycles. The molecule has 16 heavy (non-hydrogen) atoms. The van der Waals surface area contributed by atoms with Gasteiger partial charge in [0.2, 0.25) is 0 Å². The second-order valence-electron chi connectivity index (χ2n) is 4.70. The Kier molecular flexibility index (Phi) is 4.93. The number of likely N-dealkylation sites (tertiary alicyclic amines) is 1. The van der Waals surface area contributed by atoms with E-state index in [-0.39, 0.29) is 11.8 Å². The van der Waals surface area contributed by atoms with E-state index in [0.717, 1.165) is 32.1 Å². The summed E-state index contributed by atoms with van der Waals surface area (Å²) >= 11 is 0. The summed E-state index contributed by atoms with van der Waals surface area (Å²) in [7, 11) is 1.89. The average molecular weight is 227 g/mol. The summed E-state index contributed by atoms with van der Waals surface area (Å²) in [5, 5.41) is 8.96. The number of aliphatic carboxylic acids is 1. The lowest BCUT2D eigenvalue weighted by molar-refractivity contribution is -0.142. The highest BCUT2D eigenvalue weighted by atomic mass is 16.4. The minimum atomic E-state index is -0.714. The summed E-state index contributed by atoms with van der Waals surface area (Å²) in [5.74, 6) is -0.475. The first-order valence-corrected chi connectivity index (χ1v) is 5.96. The number of likely N-dealkylation sites (N-methyl/N-ethyl adjacent to an activating group) is 1. The van der Waals surface area contributed by atoms with Gasteiger partial charge in [-0.3, -0.25) is 9.69 Å². The number of carbonyl (C=O) groups excluding carboxylic acids is 1. The number of carbonyl (C=O) groups is 2. The van der Waals surface area contributed by atoms with Gasteiger partial charge in [0.05, 0.1) is 0 Å². The first-order chi connectivity index (χ1) is 7.52. The van der Waals surface area contributed by atoms with Crippen molar-refractivity contribution in [2.75, 3.05) is 7.05 Å². The van der Waals surface area contributed by atoms with Crippen molar-refractivity contribution < 1.29 is 14.7 Å². The van der Waals surface area contributed by atoms with Crippen LogP contribution in [0.2, 0.25) is 0 Å². The quantitative estimate of drug-likeness (QED) is 0.701. The zero-order valence-electron chi connectivity index (χ0n) is 10.1. The molecule has 0 aliphatic carbocycles. The summed E-state index contributed by atoms with van der Waals surface area (Å²) in [6, 6.07) is 0.0749. The van der Waals surface area contributed by atoms with Gasteiger partial charge in [0, 0.05) is 12.5 Å². The van der Waals surface area contributed by atoms with Crippen LogP contribution in [-0.2, 0) is 9.59 Å². The first kappa shape index (κ1) is 13.2. The summed E-state index contributed by atoms with van der Waals surface area (Å²) in [6.07, 6.45) is 5.32. The van der Waals surface area contributed by atoms with Crippen molar-refractivity contribution in [1.29, 1.82) is 0 Å². The maximum Gasteiger partial charge on any atom is 0.320 e. The van der Waals surface area contributed by atoms with Crippen LogP contribution in [0.1, 0.15) is 45.4 Å². The van der Waals surface area contributed by atoms with Crippen molar-refractivity contribution in [2.45, 2.75) is 57.5 Å². The average Bonchev–Trinajstić information content (AvgIpc) is 2.54. The van der Waals surface area contributed by atoms with Crippen molar-refractivity contribution >= 4 is 11.8 Å². The van der Waals surface area contributed by atoms with Crippen LogP contribution >= 0.6 is 0 Å². The molecule has 0 bridgehead atoms. The van der Waals surface area contributed by atoms with Gasteiger partial charge in [-0.2, -0.15) is 0 Å². The highest BCUT2D eigenvalue weighted by Gasteiger charge is 2.34. The standard InChI is InChI=1S/C12H21NO3/c1-9(14)5-3-4-6-10-7-8-11(12(15)16)13(10)2/h10-11H,3-8H2,1-2H3,(H,15,16). The van der Waals surface area contributed by atoms with Crippen LogP contribution in [0.15, 0.2) is 0 Å². The molecule has 0 amide bonds. The van der Waals surface area contributed by atoms with Gasteiger partial charge in [-0.05, 0) is 39.7 Å². The molecule has 0 aromatic heterocycles. The lowest BCUT2D eigenvalue weighted by atomic mass is 10.1. The SMILES string of the molecule is CC(=O)CCCCC1CCC(C(=O)O)N1C. The Bertz CT molecular complexity index is 265. The Morgan fingerprint density at radius 3 is 2.50 bits per heavy atom. The molecule has 1 saturated heterocycles. The number of rotatable bonds is 6. The van der Waals surface area contributed by atoms with Gasteiger partial charge in [-0.1, -0.05) is 6.42 Å². The van der Waals surface area contributed by atoms with E-state index in [2.05, 4.69) is 0 Å². The summed E-state index contributed by atoms with van der Waals surface area (Å²) in [6.45, 7) is 1.61. The van der Waals surface area contributed by atoms with Gasteiger partial charge in [-0.15, -0.1) is 0 Å². The minimum Gasteiger partial charge on any atom is -0.480 e. The molecule has 0 aromatic rings. The Morgan fingerprint density at radius 1 is 1.31 bits per heavy atom. The highest BCUT2D eigenvalue weighted by Crippen LogP contribution is 2.26. The number of nitrogens with zero attached hydrogens (tertiary/aromatic N) is 1. The van der Waals surface area contributed by atoms with E-state index < -0.39 is 5.97 Å². The molecule has 1 aliphatic rings. The number of hydrogen-bond donors (Lipinski definition) is 1. The Labute approximate surface area is 96.6 Å². The second kappa shape index (κ2) is 5.99. The smallest absolute Gasteiger partial charge is 0.320 e. The maximum atomic E-state index is 10.9. The van der Waals surface area contributed by atoms with Crippen LogP contribution in [0.25, 0.3) is 0 Å². The lowest BCUT2D eigenvalue weighted by Crippen LogP contribution is -2.37. The van der Waals surface area contributed by atoms with Gasteiger partial charge in [0.15, 0.2) is 0 Å². The van der Waals surface area contributed by atoms with Crippen molar-refractivity contribution in [3.05, 3.63) is 0 Å². The molecule has 0 spiro atoms. The van der Waals surface area contributed by atoms with Crippen LogP contribution in [0.4, 0.5) is 0 Å². The van der Waals surface area contributed by atoms with Crippen LogP contribution < -0.4 is 0 Å². The predicted octanol–water partition coefficient (Wildman–Crippen LogP) is 1.68. The zero-order valence-corrected chi connectivity index (χ0v) is 10.1. The van der Waals surface area contributed by atoms with Crippen LogP contribution in [-0.4, -0.2) is 40.9 Å². The maximum absolute atomic E-state index is 10.9. The summed E-state index contributed by atoms with van der Waals surface area (Å²) in [5.41, 5.74) is 0. The Balaban J connectivity index is 2.24. The topological polar surface area (TPSA) is 57.6 Å². The molecular weight excluding hydrogens is 206 g/mol. The van der Waals surface area contributed by atoms with Crippen molar-refractivity contribution in [3.63, 3.8) is 0 Å². The molecule has 0 radical (unpaired) electrons.